The summed E-state index contributed by atoms with van der Waals surface area (Å²) < 4.78 is 11.9. The monoisotopic (exact) mass is 329 g/mol. The number of hydrogen-bond donors (Lipinski definition) is 1. The molecule has 4 nitrogen and oxygen atoms in total. The van der Waals surface area contributed by atoms with Crippen LogP contribution in [0.15, 0.2) is 48.9 Å². The molecule has 2 aliphatic carbocycles. The maximum Gasteiger partial charge on any atom is 0.184 e. The van der Waals surface area contributed by atoms with E-state index in [0.717, 1.165) is 25.0 Å². The maximum atomic E-state index is 13.2. The molecule has 0 radical (unpaired) electrons. The SMILES string of the molecule is C=C/C=C(\C=C)NC1=CC[C@H]2[C@H](C)C3(CC[C@]2(C)C1=O)OCCO3. The molecule has 0 amide bonds. The highest BCUT2D eigenvalue weighted by Crippen LogP contribution is 2.55. The zero-order chi connectivity index (χ0) is 17.4. The van der Waals surface area contributed by atoms with Crippen LogP contribution in [0.3, 0.4) is 0 Å². The fourth-order valence-electron chi connectivity index (χ4n) is 4.53. The first-order chi connectivity index (χ1) is 11.5. The van der Waals surface area contributed by atoms with Crippen LogP contribution >= 0.6 is 0 Å². The Morgan fingerprint density at radius 1 is 1.33 bits per heavy atom. The highest BCUT2D eigenvalue weighted by atomic mass is 16.7. The molecule has 1 saturated heterocycles. The molecule has 4 heteroatoms. The van der Waals surface area contributed by atoms with Gasteiger partial charge in [0.1, 0.15) is 0 Å². The van der Waals surface area contributed by atoms with E-state index in [2.05, 4.69) is 32.3 Å². The van der Waals surface area contributed by atoms with Crippen molar-refractivity contribution in [2.45, 2.75) is 38.9 Å². The summed E-state index contributed by atoms with van der Waals surface area (Å²) in [5.41, 5.74) is 1.07. The van der Waals surface area contributed by atoms with Crippen LogP contribution in [0, 0.1) is 17.3 Å². The minimum absolute atomic E-state index is 0.176. The van der Waals surface area contributed by atoms with Gasteiger partial charge in [-0.15, -0.1) is 0 Å². The Balaban J connectivity index is 1.86. The number of rotatable bonds is 4. The van der Waals surface area contributed by atoms with Crippen molar-refractivity contribution in [1.29, 1.82) is 0 Å². The van der Waals surface area contributed by atoms with Crippen molar-refractivity contribution in [3.63, 3.8) is 0 Å². The van der Waals surface area contributed by atoms with Crippen LogP contribution in [0.2, 0.25) is 0 Å². The number of hydrogen-bond acceptors (Lipinski definition) is 4. The molecule has 1 aliphatic heterocycles. The molecule has 0 bridgehead atoms. The summed E-state index contributed by atoms with van der Waals surface area (Å²) in [4.78, 5) is 13.2. The second-order valence-corrected chi connectivity index (χ2v) is 7.19. The van der Waals surface area contributed by atoms with E-state index in [-0.39, 0.29) is 23.0 Å². The third kappa shape index (κ3) is 2.58. The van der Waals surface area contributed by atoms with Gasteiger partial charge in [0.05, 0.1) is 18.9 Å². The van der Waals surface area contributed by atoms with E-state index in [9.17, 15) is 4.79 Å². The van der Waals surface area contributed by atoms with Crippen LogP contribution in [-0.2, 0) is 14.3 Å². The topological polar surface area (TPSA) is 47.6 Å². The molecule has 1 N–H and O–H groups in total. The first-order valence-corrected chi connectivity index (χ1v) is 8.72. The third-order valence-electron chi connectivity index (χ3n) is 6.02. The lowest BCUT2D eigenvalue weighted by molar-refractivity contribution is -0.239. The van der Waals surface area contributed by atoms with Gasteiger partial charge in [0.15, 0.2) is 11.6 Å². The molecule has 3 rings (SSSR count). The number of nitrogens with one attached hydrogen (secondary N) is 1. The number of Topliss-reactive ketones (excluding diaryl/α,β-unsaturated/α-hetero) is 1. The number of carbonyl (C=O) groups excluding carboxylic acids is 1. The average Bonchev–Trinajstić information content (AvgIpc) is 3.05. The van der Waals surface area contributed by atoms with E-state index in [1.807, 2.05) is 12.2 Å². The fraction of sp³-hybridized carbons (Fsp3) is 0.550. The molecule has 0 aromatic rings. The molecule has 1 spiro atoms. The summed E-state index contributed by atoms with van der Waals surface area (Å²) in [5.74, 6) is 0.120. The standard InChI is InChI=1S/C20H27NO3/c1-5-7-15(6-2)21-17-9-8-16-14(3)20(23-12-13-24-20)11-10-19(16,4)18(17)22/h5-7,9,14,16,21H,1-2,8,10-13H2,3-4H3/b15-7+/t14-,16-,19-/m0/s1. The molecule has 3 aliphatic rings. The summed E-state index contributed by atoms with van der Waals surface area (Å²) in [6.07, 6.45) is 9.62. The van der Waals surface area contributed by atoms with E-state index >= 15 is 0 Å². The molecule has 1 heterocycles. The second kappa shape index (κ2) is 6.34. The minimum atomic E-state index is -0.488. The molecule has 0 unspecified atom stereocenters. The predicted molar refractivity (Wildman–Crippen MR) is 93.9 cm³/mol. The van der Waals surface area contributed by atoms with Crippen LogP contribution in [0.4, 0.5) is 0 Å². The summed E-state index contributed by atoms with van der Waals surface area (Å²) in [7, 11) is 0. The van der Waals surface area contributed by atoms with Gasteiger partial charge < -0.3 is 14.8 Å². The van der Waals surface area contributed by atoms with Crippen molar-refractivity contribution in [2.24, 2.45) is 17.3 Å². The van der Waals surface area contributed by atoms with Gasteiger partial charge in [0, 0.05) is 23.5 Å². The van der Waals surface area contributed by atoms with Crippen molar-refractivity contribution in [3.05, 3.63) is 48.9 Å². The van der Waals surface area contributed by atoms with E-state index < -0.39 is 5.79 Å². The lowest BCUT2D eigenvalue weighted by Gasteiger charge is -2.52. The summed E-state index contributed by atoms with van der Waals surface area (Å²) >= 11 is 0. The molecule has 24 heavy (non-hydrogen) atoms. The molecular formula is C20H27NO3. The van der Waals surface area contributed by atoms with Gasteiger partial charge in [-0.1, -0.05) is 39.2 Å². The van der Waals surface area contributed by atoms with Crippen molar-refractivity contribution in [3.8, 4) is 0 Å². The van der Waals surface area contributed by atoms with Gasteiger partial charge in [-0.3, -0.25) is 4.79 Å². The largest absolute Gasteiger partial charge is 0.353 e. The van der Waals surface area contributed by atoms with E-state index in [1.165, 1.54) is 0 Å². The van der Waals surface area contributed by atoms with Crippen molar-refractivity contribution >= 4 is 5.78 Å². The van der Waals surface area contributed by atoms with Gasteiger partial charge in [-0.2, -0.15) is 0 Å². The predicted octanol–water partition coefficient (Wildman–Crippen LogP) is 3.48. The van der Waals surface area contributed by atoms with E-state index in [4.69, 9.17) is 9.47 Å². The average molecular weight is 329 g/mol. The lowest BCUT2D eigenvalue weighted by Crippen LogP contribution is -2.56. The molecule has 3 atom stereocenters. The quantitative estimate of drug-likeness (QED) is 0.802. The molecule has 0 aromatic carbocycles. The van der Waals surface area contributed by atoms with Crippen LogP contribution in [-0.4, -0.2) is 24.8 Å². The van der Waals surface area contributed by atoms with Gasteiger partial charge >= 0.3 is 0 Å². The minimum Gasteiger partial charge on any atom is -0.353 e. The smallest absolute Gasteiger partial charge is 0.184 e. The molecule has 130 valence electrons. The van der Waals surface area contributed by atoms with Crippen molar-refractivity contribution in [1.82, 2.24) is 5.32 Å². The zero-order valence-corrected chi connectivity index (χ0v) is 14.6. The van der Waals surface area contributed by atoms with Crippen LogP contribution in [0.1, 0.15) is 33.1 Å². The van der Waals surface area contributed by atoms with Gasteiger partial charge in [0.25, 0.3) is 0 Å². The van der Waals surface area contributed by atoms with Crippen LogP contribution in [0.25, 0.3) is 0 Å². The fourth-order valence-corrected chi connectivity index (χ4v) is 4.53. The Hall–Kier alpha value is -1.65. The number of carbonyl (C=O) groups is 1. The van der Waals surface area contributed by atoms with E-state index in [1.54, 1.807) is 12.2 Å². The van der Waals surface area contributed by atoms with Crippen molar-refractivity contribution in [2.75, 3.05) is 13.2 Å². The maximum absolute atomic E-state index is 13.2. The normalized spacial score (nSPS) is 35.3. The van der Waals surface area contributed by atoms with Crippen molar-refractivity contribution < 1.29 is 14.3 Å². The van der Waals surface area contributed by atoms with Gasteiger partial charge in [0.2, 0.25) is 0 Å². The lowest BCUT2D eigenvalue weighted by atomic mass is 9.55. The highest BCUT2D eigenvalue weighted by Gasteiger charge is 2.58. The van der Waals surface area contributed by atoms with Gasteiger partial charge in [-0.05, 0) is 30.9 Å². The molecular weight excluding hydrogens is 302 g/mol. The number of allylic oxidation sites excluding steroid dienone is 5. The third-order valence-corrected chi connectivity index (χ3v) is 6.02. The number of ketones is 1. The Bertz CT molecular complexity index is 612. The second-order valence-electron chi connectivity index (χ2n) is 7.19. The summed E-state index contributed by atoms with van der Waals surface area (Å²) in [6.45, 7) is 13.0. The first-order valence-electron chi connectivity index (χ1n) is 8.72. The van der Waals surface area contributed by atoms with Crippen LogP contribution < -0.4 is 5.32 Å². The first kappa shape index (κ1) is 17.2. The Morgan fingerprint density at radius 2 is 2.04 bits per heavy atom. The van der Waals surface area contributed by atoms with Crippen LogP contribution in [0.5, 0.6) is 0 Å². The summed E-state index contributed by atoms with van der Waals surface area (Å²) in [6, 6.07) is 0. The number of fused-ring (bicyclic) bond motifs is 1. The zero-order valence-electron chi connectivity index (χ0n) is 14.6. The number of ether oxygens (including phenoxy) is 2. The van der Waals surface area contributed by atoms with E-state index in [0.29, 0.717) is 18.9 Å². The Labute approximate surface area is 144 Å². The molecule has 0 aromatic heterocycles. The Kier molecular flexibility index (Phi) is 4.54. The molecule has 1 saturated carbocycles. The molecule has 2 fully saturated rings. The van der Waals surface area contributed by atoms with Gasteiger partial charge in [-0.25, -0.2) is 0 Å². The highest BCUT2D eigenvalue weighted by molar-refractivity contribution is 6.00. The Morgan fingerprint density at radius 3 is 2.67 bits per heavy atom. The summed E-state index contributed by atoms with van der Waals surface area (Å²) in [5, 5.41) is 3.21.